The lowest BCUT2D eigenvalue weighted by atomic mass is 9.87. The number of aryl methyl sites for hydroxylation is 1. The number of halogens is 2. The van der Waals surface area contributed by atoms with E-state index in [0.29, 0.717) is 47.9 Å². The number of amides is 1. The second-order valence-corrected chi connectivity index (χ2v) is 12.4. The molecule has 0 spiro atoms. The normalized spacial score (nSPS) is 18.2. The number of aromatic nitrogens is 3. The second-order valence-electron chi connectivity index (χ2n) is 12.4. The fourth-order valence-electron chi connectivity index (χ4n) is 7.40. The van der Waals surface area contributed by atoms with Crippen molar-refractivity contribution in [3.8, 4) is 22.5 Å². The summed E-state index contributed by atoms with van der Waals surface area (Å²) in [5.41, 5.74) is 5.66. The monoisotopic (exact) mass is 610 g/mol. The van der Waals surface area contributed by atoms with E-state index < -0.39 is 11.6 Å². The number of carbonyl (C=O) groups excluding carboxylic acids is 1. The van der Waals surface area contributed by atoms with Crippen molar-refractivity contribution in [3.05, 3.63) is 99.2 Å². The molecule has 2 saturated heterocycles. The highest BCUT2D eigenvalue weighted by Gasteiger charge is 2.44. The first-order valence-electron chi connectivity index (χ1n) is 15.6. The first-order chi connectivity index (χ1) is 21.9. The summed E-state index contributed by atoms with van der Waals surface area (Å²) in [4.78, 5) is 33.5. The maximum atomic E-state index is 14.0. The minimum absolute atomic E-state index is 0.0406. The Morgan fingerprint density at radius 2 is 1.80 bits per heavy atom. The SMILES string of the molecule is O=C1c2c(nc(CCC3CCOCC3)c(-c3cc(=O)[nH]o3)c2-c2ccc3c(ccn3Cc3ccc(F)c(F)c3)c2)C2CCCN12. The van der Waals surface area contributed by atoms with Gasteiger partial charge in [0.15, 0.2) is 17.4 Å². The highest BCUT2D eigenvalue weighted by atomic mass is 19.2. The summed E-state index contributed by atoms with van der Waals surface area (Å²) < 4.78 is 40.7. The van der Waals surface area contributed by atoms with Crippen LogP contribution < -0.4 is 5.56 Å². The fourth-order valence-corrected chi connectivity index (χ4v) is 7.40. The Hall–Kier alpha value is -4.57. The number of nitrogens with one attached hydrogen (secondary N) is 1. The Labute approximate surface area is 257 Å². The van der Waals surface area contributed by atoms with Crippen molar-refractivity contribution in [2.75, 3.05) is 19.8 Å². The largest absolute Gasteiger partial charge is 0.381 e. The quantitative estimate of drug-likeness (QED) is 0.223. The van der Waals surface area contributed by atoms with Gasteiger partial charge in [0.2, 0.25) is 0 Å². The van der Waals surface area contributed by atoms with Gasteiger partial charge in [-0.3, -0.25) is 14.6 Å². The lowest BCUT2D eigenvalue weighted by molar-refractivity contribution is 0.0639. The highest BCUT2D eigenvalue weighted by molar-refractivity contribution is 6.09. The molecule has 6 heterocycles. The summed E-state index contributed by atoms with van der Waals surface area (Å²) in [6, 6.07) is 13.3. The van der Waals surface area contributed by atoms with Crippen molar-refractivity contribution in [2.24, 2.45) is 5.92 Å². The maximum absolute atomic E-state index is 14.0. The molecule has 1 amide bonds. The van der Waals surface area contributed by atoms with Gasteiger partial charge in [-0.2, -0.15) is 5.16 Å². The van der Waals surface area contributed by atoms with Gasteiger partial charge in [-0.1, -0.05) is 12.1 Å². The van der Waals surface area contributed by atoms with E-state index >= 15 is 0 Å². The summed E-state index contributed by atoms with van der Waals surface area (Å²) in [7, 11) is 0. The fraction of sp³-hybridized carbons (Fsp3) is 0.343. The Bertz CT molecular complexity index is 2000. The number of hydrogen-bond donors (Lipinski definition) is 1. The van der Waals surface area contributed by atoms with Gasteiger partial charge in [-0.15, -0.1) is 0 Å². The summed E-state index contributed by atoms with van der Waals surface area (Å²) in [6.07, 6.45) is 7.33. The van der Waals surface area contributed by atoms with E-state index in [1.165, 1.54) is 12.1 Å². The molecule has 3 aliphatic rings. The van der Waals surface area contributed by atoms with Crippen LogP contribution in [0.5, 0.6) is 0 Å². The van der Waals surface area contributed by atoms with E-state index in [4.69, 9.17) is 14.2 Å². The molecule has 10 heteroatoms. The highest BCUT2D eigenvalue weighted by Crippen LogP contribution is 2.48. The Morgan fingerprint density at radius 3 is 2.60 bits per heavy atom. The summed E-state index contributed by atoms with van der Waals surface area (Å²) in [5.74, 6) is -0.913. The first kappa shape index (κ1) is 27.9. The van der Waals surface area contributed by atoms with Crippen LogP contribution in [0.2, 0.25) is 0 Å². The molecule has 0 aliphatic carbocycles. The third-order valence-corrected chi connectivity index (χ3v) is 9.64. The molecular formula is C35H32F2N4O4. The molecule has 0 radical (unpaired) electrons. The maximum Gasteiger partial charge on any atom is 0.280 e. The van der Waals surface area contributed by atoms with E-state index in [-0.39, 0.29) is 17.5 Å². The van der Waals surface area contributed by atoms with Gasteiger partial charge in [0.25, 0.3) is 11.5 Å². The van der Waals surface area contributed by atoms with Gasteiger partial charge in [-0.25, -0.2) is 8.78 Å². The smallest absolute Gasteiger partial charge is 0.280 e. The molecule has 5 aromatic rings. The standard InChI is InChI=1S/C35H32F2N4O4/c36-24-6-3-21(16-25(24)37)19-40-13-9-22-17-23(5-8-27(22)40)31-32(29-18-30(42)39-45-29)26(7-4-20-10-14-44-15-11-20)38-34-28-2-1-12-41(28)35(43)33(31)34/h3,5-6,8-9,13,16-18,20,28H,1-2,4,7,10-12,14-15,19H2,(H,39,42). The molecule has 45 heavy (non-hydrogen) atoms. The zero-order valence-electron chi connectivity index (χ0n) is 24.7. The van der Waals surface area contributed by atoms with Crippen molar-refractivity contribution < 1.29 is 22.8 Å². The van der Waals surface area contributed by atoms with Gasteiger partial charge in [-0.05, 0) is 85.9 Å². The average molecular weight is 611 g/mol. The van der Waals surface area contributed by atoms with Crippen LogP contribution in [0.15, 0.2) is 64.0 Å². The van der Waals surface area contributed by atoms with Gasteiger partial charge in [0, 0.05) is 49.0 Å². The predicted molar refractivity (Wildman–Crippen MR) is 164 cm³/mol. The molecule has 2 fully saturated rings. The summed E-state index contributed by atoms with van der Waals surface area (Å²) >= 11 is 0. The molecule has 230 valence electrons. The van der Waals surface area contributed by atoms with Crippen molar-refractivity contribution in [3.63, 3.8) is 0 Å². The zero-order valence-corrected chi connectivity index (χ0v) is 24.7. The van der Waals surface area contributed by atoms with Crippen LogP contribution in [0.1, 0.15) is 65.5 Å². The number of nitrogens with zero attached hydrogens (tertiary/aromatic N) is 3. The lowest BCUT2D eigenvalue weighted by Crippen LogP contribution is -2.22. The summed E-state index contributed by atoms with van der Waals surface area (Å²) in [5, 5.41) is 3.36. The van der Waals surface area contributed by atoms with Crippen LogP contribution in [0.3, 0.4) is 0 Å². The number of rotatable bonds is 7. The Balaban J connectivity index is 1.27. The van der Waals surface area contributed by atoms with Crippen LogP contribution >= 0.6 is 0 Å². The average Bonchev–Trinajstić information content (AvgIpc) is 3.84. The first-order valence-corrected chi connectivity index (χ1v) is 15.6. The minimum Gasteiger partial charge on any atom is -0.381 e. The third-order valence-electron chi connectivity index (χ3n) is 9.64. The predicted octanol–water partition coefficient (Wildman–Crippen LogP) is 6.63. The topological polar surface area (TPSA) is 93.4 Å². The van der Waals surface area contributed by atoms with Crippen LogP contribution in [0.25, 0.3) is 33.4 Å². The van der Waals surface area contributed by atoms with Crippen LogP contribution in [-0.2, 0) is 17.7 Å². The van der Waals surface area contributed by atoms with Gasteiger partial charge < -0.3 is 18.7 Å². The number of aromatic amines is 1. The van der Waals surface area contributed by atoms with E-state index in [1.807, 2.05) is 39.9 Å². The number of benzene rings is 2. The number of pyridine rings is 1. The second kappa shape index (κ2) is 11.1. The van der Waals surface area contributed by atoms with Crippen molar-refractivity contribution in [2.45, 2.75) is 51.1 Å². The molecule has 8 nitrogen and oxygen atoms in total. The molecule has 1 unspecified atom stereocenters. The molecule has 3 aromatic heterocycles. The lowest BCUT2D eigenvalue weighted by Gasteiger charge is -2.23. The van der Waals surface area contributed by atoms with Crippen LogP contribution in [0, 0.1) is 17.6 Å². The number of H-pyrrole nitrogens is 1. The van der Waals surface area contributed by atoms with Gasteiger partial charge >= 0.3 is 0 Å². The molecule has 1 atom stereocenters. The number of ether oxygens (including phenoxy) is 1. The molecule has 0 saturated carbocycles. The molecule has 2 aromatic carbocycles. The van der Waals surface area contributed by atoms with Crippen LogP contribution in [0.4, 0.5) is 8.78 Å². The summed E-state index contributed by atoms with van der Waals surface area (Å²) in [6.45, 7) is 2.58. The number of carbonyl (C=O) groups is 1. The van der Waals surface area contributed by atoms with Crippen LogP contribution in [-0.4, -0.2) is 45.3 Å². The van der Waals surface area contributed by atoms with Crippen molar-refractivity contribution in [1.82, 2.24) is 19.6 Å². The van der Waals surface area contributed by atoms with E-state index in [9.17, 15) is 18.4 Å². The zero-order chi connectivity index (χ0) is 30.7. The Morgan fingerprint density at radius 1 is 0.933 bits per heavy atom. The van der Waals surface area contributed by atoms with E-state index in [2.05, 4.69) is 5.16 Å². The molecule has 1 N–H and O–H groups in total. The molecule has 3 aliphatic heterocycles. The van der Waals surface area contributed by atoms with Crippen molar-refractivity contribution in [1.29, 1.82) is 0 Å². The third kappa shape index (κ3) is 4.88. The van der Waals surface area contributed by atoms with E-state index in [1.54, 1.807) is 6.07 Å². The molecular weight excluding hydrogens is 578 g/mol. The number of fused-ring (bicyclic) bond motifs is 4. The number of hydrogen-bond acceptors (Lipinski definition) is 5. The van der Waals surface area contributed by atoms with E-state index in [0.717, 1.165) is 84.8 Å². The van der Waals surface area contributed by atoms with Gasteiger partial charge in [0.1, 0.15) is 0 Å². The minimum atomic E-state index is -0.875. The Kier molecular flexibility index (Phi) is 6.89. The molecule has 8 rings (SSSR count). The van der Waals surface area contributed by atoms with Crippen molar-refractivity contribution >= 4 is 16.8 Å². The van der Waals surface area contributed by atoms with Gasteiger partial charge in [0.05, 0.1) is 34.6 Å². The molecule has 0 bridgehead atoms.